The Bertz CT molecular complexity index is 1190. The average molecular weight is 465 g/mol. The summed E-state index contributed by atoms with van der Waals surface area (Å²) in [5.41, 5.74) is 7.84. The lowest BCUT2D eigenvalue weighted by atomic mass is 10.0. The van der Waals surface area contributed by atoms with Crippen LogP contribution in [0.1, 0.15) is 62.2 Å². The second kappa shape index (κ2) is 10.5. The number of hydrogen-bond donors (Lipinski definition) is 1. The van der Waals surface area contributed by atoms with Crippen LogP contribution in [0.5, 0.6) is 5.75 Å². The van der Waals surface area contributed by atoms with Crippen LogP contribution >= 0.6 is 0 Å². The first kappa shape index (κ1) is 25.0. The second-order valence-electron chi connectivity index (χ2n) is 9.16. The van der Waals surface area contributed by atoms with Gasteiger partial charge in [0.2, 0.25) is 0 Å². The Balaban J connectivity index is 1.88. The number of benzene rings is 2. The van der Waals surface area contributed by atoms with Gasteiger partial charge in [0, 0.05) is 29.6 Å². The Kier molecular flexibility index (Phi) is 7.76. The molecule has 0 saturated heterocycles. The van der Waals surface area contributed by atoms with E-state index in [2.05, 4.69) is 0 Å². The van der Waals surface area contributed by atoms with Crippen LogP contribution in [0.15, 0.2) is 48.5 Å². The van der Waals surface area contributed by atoms with Gasteiger partial charge in [-0.1, -0.05) is 37.3 Å². The van der Waals surface area contributed by atoms with Gasteiger partial charge < -0.3 is 19.8 Å². The van der Waals surface area contributed by atoms with Crippen LogP contribution < -0.4 is 10.5 Å². The highest BCUT2D eigenvalue weighted by Gasteiger charge is 2.25. The van der Waals surface area contributed by atoms with Crippen molar-refractivity contribution < 1.29 is 23.9 Å². The molecule has 1 heterocycles. The van der Waals surface area contributed by atoms with Crippen LogP contribution in [0.4, 0.5) is 0 Å². The molecule has 0 aliphatic carbocycles. The molecular weight excluding hydrogens is 432 g/mol. The van der Waals surface area contributed by atoms with Crippen molar-refractivity contribution in [2.75, 3.05) is 6.61 Å². The zero-order chi connectivity index (χ0) is 24.9. The van der Waals surface area contributed by atoms with E-state index in [1.54, 1.807) is 6.07 Å². The summed E-state index contributed by atoms with van der Waals surface area (Å²) in [4.78, 5) is 36.5. The first-order valence-electron chi connectivity index (χ1n) is 11.5. The first-order valence-corrected chi connectivity index (χ1v) is 11.5. The van der Waals surface area contributed by atoms with E-state index in [9.17, 15) is 14.4 Å². The third kappa shape index (κ3) is 6.04. The van der Waals surface area contributed by atoms with E-state index in [0.29, 0.717) is 42.7 Å². The minimum atomic E-state index is -0.989. The summed E-state index contributed by atoms with van der Waals surface area (Å²) in [7, 11) is 0. The van der Waals surface area contributed by atoms with Gasteiger partial charge in [-0.2, -0.15) is 0 Å². The Labute approximate surface area is 199 Å². The van der Waals surface area contributed by atoms with E-state index in [1.807, 2.05) is 74.7 Å². The predicted molar refractivity (Wildman–Crippen MR) is 131 cm³/mol. The number of nitrogens with zero attached hydrogens (tertiary/aromatic N) is 1. The molecule has 2 aromatic carbocycles. The first-order chi connectivity index (χ1) is 16.1. The van der Waals surface area contributed by atoms with Crippen LogP contribution in [-0.4, -0.2) is 34.4 Å². The van der Waals surface area contributed by atoms with Crippen molar-refractivity contribution in [3.8, 4) is 5.75 Å². The number of amides is 1. The Morgan fingerprint density at radius 3 is 2.35 bits per heavy atom. The summed E-state index contributed by atoms with van der Waals surface area (Å²) in [6, 6.07) is 15.4. The van der Waals surface area contributed by atoms with E-state index >= 15 is 0 Å². The molecule has 0 radical (unpaired) electrons. The SMILES string of the molecule is CCc1c(C(=O)C(N)=O)c2cc(OCCCC(=O)OC(C)(C)C)ccc2n1Cc1ccccc1. The van der Waals surface area contributed by atoms with Crippen molar-refractivity contribution in [1.82, 2.24) is 4.57 Å². The summed E-state index contributed by atoms with van der Waals surface area (Å²) in [5.74, 6) is -1.42. The number of carbonyl (C=O) groups is 3. The zero-order valence-electron chi connectivity index (χ0n) is 20.2. The number of primary amides is 1. The molecule has 0 bridgehead atoms. The summed E-state index contributed by atoms with van der Waals surface area (Å²) in [5, 5.41) is 0.626. The molecule has 180 valence electrons. The number of nitrogens with two attached hydrogens (primary N) is 1. The van der Waals surface area contributed by atoms with Crippen LogP contribution in [0, 0.1) is 0 Å². The van der Waals surface area contributed by atoms with Crippen LogP contribution in [0.3, 0.4) is 0 Å². The van der Waals surface area contributed by atoms with Crippen molar-refractivity contribution >= 4 is 28.6 Å². The fourth-order valence-corrected chi connectivity index (χ4v) is 3.97. The minimum absolute atomic E-state index is 0.248. The third-order valence-corrected chi connectivity index (χ3v) is 5.33. The number of carbonyl (C=O) groups excluding carboxylic acids is 3. The van der Waals surface area contributed by atoms with Gasteiger partial charge >= 0.3 is 5.97 Å². The van der Waals surface area contributed by atoms with Crippen molar-refractivity contribution in [2.45, 2.75) is 59.1 Å². The standard InChI is InChI=1S/C27H32N2O5/c1-5-21-24(25(31)26(28)32)20-16-19(33-15-9-12-23(30)34-27(2,3)4)13-14-22(20)29(21)17-18-10-7-6-8-11-18/h6-8,10-11,13-14,16H,5,9,12,15,17H2,1-4H3,(H2,28,32). The molecule has 0 aliphatic rings. The molecule has 7 heteroatoms. The highest BCUT2D eigenvalue weighted by molar-refractivity contribution is 6.45. The Morgan fingerprint density at radius 1 is 1.03 bits per heavy atom. The van der Waals surface area contributed by atoms with E-state index in [0.717, 1.165) is 16.8 Å². The topological polar surface area (TPSA) is 101 Å². The fourth-order valence-electron chi connectivity index (χ4n) is 3.97. The van der Waals surface area contributed by atoms with Crippen molar-refractivity contribution in [2.24, 2.45) is 5.73 Å². The lowest BCUT2D eigenvalue weighted by molar-refractivity contribution is -0.155. The molecule has 0 unspecified atom stereocenters. The molecule has 1 aromatic heterocycles. The maximum atomic E-state index is 12.8. The summed E-state index contributed by atoms with van der Waals surface area (Å²) >= 11 is 0. The van der Waals surface area contributed by atoms with Gasteiger partial charge in [-0.05, 0) is 57.4 Å². The molecule has 0 saturated carbocycles. The van der Waals surface area contributed by atoms with Crippen molar-refractivity contribution in [1.29, 1.82) is 0 Å². The molecule has 3 aromatic rings. The molecule has 0 aliphatic heterocycles. The molecule has 2 N–H and O–H groups in total. The van der Waals surface area contributed by atoms with Crippen molar-refractivity contribution in [3.05, 3.63) is 65.4 Å². The number of hydrogen-bond acceptors (Lipinski definition) is 5. The Hall–Kier alpha value is -3.61. The molecule has 34 heavy (non-hydrogen) atoms. The van der Waals surface area contributed by atoms with Crippen molar-refractivity contribution in [3.63, 3.8) is 0 Å². The lowest BCUT2D eigenvalue weighted by Crippen LogP contribution is -2.24. The maximum absolute atomic E-state index is 12.8. The molecule has 7 nitrogen and oxygen atoms in total. The summed E-state index contributed by atoms with van der Waals surface area (Å²) in [6.07, 6.45) is 1.30. The van der Waals surface area contributed by atoms with E-state index in [-0.39, 0.29) is 12.4 Å². The number of ketones is 1. The van der Waals surface area contributed by atoms with Gasteiger partial charge in [0.15, 0.2) is 0 Å². The highest BCUT2D eigenvalue weighted by atomic mass is 16.6. The van der Waals surface area contributed by atoms with Crippen LogP contribution in [0.25, 0.3) is 10.9 Å². The highest BCUT2D eigenvalue weighted by Crippen LogP contribution is 2.31. The monoisotopic (exact) mass is 464 g/mol. The summed E-state index contributed by atoms with van der Waals surface area (Å²) in [6.45, 7) is 8.31. The van der Waals surface area contributed by atoms with E-state index in [1.165, 1.54) is 0 Å². The summed E-state index contributed by atoms with van der Waals surface area (Å²) < 4.78 is 13.2. The number of rotatable bonds is 10. The van der Waals surface area contributed by atoms with Crippen LogP contribution in [-0.2, 0) is 27.3 Å². The fraction of sp³-hybridized carbons (Fsp3) is 0.370. The largest absolute Gasteiger partial charge is 0.494 e. The molecule has 3 rings (SSSR count). The average Bonchev–Trinajstić information content (AvgIpc) is 3.08. The number of ether oxygens (including phenoxy) is 2. The van der Waals surface area contributed by atoms with E-state index < -0.39 is 17.3 Å². The number of esters is 1. The van der Waals surface area contributed by atoms with Gasteiger partial charge in [-0.3, -0.25) is 14.4 Å². The quantitative estimate of drug-likeness (QED) is 0.207. The predicted octanol–water partition coefficient (Wildman–Crippen LogP) is 4.42. The molecule has 1 amide bonds. The molecule has 0 fully saturated rings. The normalized spacial score (nSPS) is 11.4. The maximum Gasteiger partial charge on any atom is 0.306 e. The van der Waals surface area contributed by atoms with Gasteiger partial charge in [0.05, 0.1) is 12.2 Å². The lowest BCUT2D eigenvalue weighted by Gasteiger charge is -2.19. The zero-order valence-corrected chi connectivity index (χ0v) is 20.2. The minimum Gasteiger partial charge on any atom is -0.494 e. The number of fused-ring (bicyclic) bond motifs is 1. The van der Waals surface area contributed by atoms with E-state index in [4.69, 9.17) is 15.2 Å². The smallest absolute Gasteiger partial charge is 0.306 e. The Morgan fingerprint density at radius 2 is 1.74 bits per heavy atom. The third-order valence-electron chi connectivity index (χ3n) is 5.33. The second-order valence-corrected chi connectivity index (χ2v) is 9.16. The van der Waals surface area contributed by atoms with Gasteiger partial charge in [-0.25, -0.2) is 0 Å². The number of Topliss-reactive ketones (excluding diaryl/α,β-unsaturated/α-hetero) is 1. The van der Waals surface area contributed by atoms with Gasteiger partial charge in [0.1, 0.15) is 11.4 Å². The van der Waals surface area contributed by atoms with Crippen LogP contribution in [0.2, 0.25) is 0 Å². The van der Waals surface area contributed by atoms with Gasteiger partial charge in [-0.15, -0.1) is 0 Å². The molecular formula is C27H32N2O5. The van der Waals surface area contributed by atoms with Gasteiger partial charge in [0.25, 0.3) is 11.7 Å². The number of aromatic nitrogens is 1. The molecule has 0 atom stereocenters. The molecule has 0 spiro atoms.